The Balaban J connectivity index is 2.32. The van der Waals surface area contributed by atoms with Gasteiger partial charge in [-0.3, -0.25) is 4.79 Å². The molecule has 1 aliphatic heterocycles. The van der Waals surface area contributed by atoms with Crippen LogP contribution >= 0.6 is 35.0 Å². The van der Waals surface area contributed by atoms with E-state index >= 15 is 0 Å². The average Bonchev–Trinajstić information content (AvgIpc) is 2.57. The van der Waals surface area contributed by atoms with Crippen molar-refractivity contribution in [3.8, 4) is 0 Å². The lowest BCUT2D eigenvalue weighted by atomic mass is 10.2. The molecule has 1 N–H and O–H groups in total. The van der Waals surface area contributed by atoms with E-state index in [1.165, 1.54) is 11.8 Å². The number of hydrogen-bond acceptors (Lipinski definition) is 2. The fourth-order valence-corrected chi connectivity index (χ4v) is 2.75. The molecular weight excluding hydrogens is 241 g/mol. The standard InChI is InChI=1S/C9H7Cl2NOS/c10-6-3-1-2-5(8(6)11)9-12-7(13)4-14-9/h1-3,9H,4H2,(H,12,13). The molecule has 1 amide bonds. The van der Waals surface area contributed by atoms with Gasteiger partial charge in [-0.1, -0.05) is 35.3 Å². The molecule has 0 aliphatic carbocycles. The van der Waals surface area contributed by atoms with Gasteiger partial charge >= 0.3 is 0 Å². The van der Waals surface area contributed by atoms with E-state index in [0.29, 0.717) is 15.8 Å². The normalized spacial score (nSPS) is 21.0. The van der Waals surface area contributed by atoms with E-state index in [0.717, 1.165) is 5.56 Å². The van der Waals surface area contributed by atoms with Crippen LogP contribution in [0.15, 0.2) is 18.2 Å². The van der Waals surface area contributed by atoms with Gasteiger partial charge in [0.15, 0.2) is 0 Å². The van der Waals surface area contributed by atoms with E-state index < -0.39 is 0 Å². The van der Waals surface area contributed by atoms with Crippen molar-refractivity contribution in [3.05, 3.63) is 33.8 Å². The maximum absolute atomic E-state index is 11.0. The Kier molecular flexibility index (Phi) is 2.91. The van der Waals surface area contributed by atoms with Crippen molar-refractivity contribution in [3.63, 3.8) is 0 Å². The molecule has 1 aromatic rings. The van der Waals surface area contributed by atoms with Gasteiger partial charge in [0.05, 0.1) is 15.8 Å². The largest absolute Gasteiger partial charge is 0.339 e. The molecule has 74 valence electrons. The van der Waals surface area contributed by atoms with Crippen LogP contribution in [0, 0.1) is 0 Å². The highest BCUT2D eigenvalue weighted by Crippen LogP contribution is 2.37. The Morgan fingerprint density at radius 2 is 2.21 bits per heavy atom. The summed E-state index contributed by atoms with van der Waals surface area (Å²) in [6.45, 7) is 0. The molecule has 0 aromatic heterocycles. The van der Waals surface area contributed by atoms with Gasteiger partial charge in [-0.2, -0.15) is 0 Å². The molecular formula is C9H7Cl2NOS. The fourth-order valence-electron chi connectivity index (χ4n) is 1.28. The van der Waals surface area contributed by atoms with Crippen LogP contribution in [0.25, 0.3) is 0 Å². The van der Waals surface area contributed by atoms with Crippen molar-refractivity contribution in [2.24, 2.45) is 0 Å². The first-order chi connectivity index (χ1) is 6.68. The Bertz CT molecular complexity index is 383. The summed E-state index contributed by atoms with van der Waals surface area (Å²) in [5, 5.41) is 3.80. The molecule has 1 fully saturated rings. The third kappa shape index (κ3) is 1.85. The number of halogens is 2. The number of benzene rings is 1. The van der Waals surface area contributed by atoms with Crippen LogP contribution in [0.3, 0.4) is 0 Å². The van der Waals surface area contributed by atoms with Crippen LogP contribution in [0.1, 0.15) is 10.9 Å². The average molecular weight is 248 g/mol. The van der Waals surface area contributed by atoms with Gasteiger partial charge in [0.1, 0.15) is 5.37 Å². The molecule has 0 saturated carbocycles. The van der Waals surface area contributed by atoms with Crippen molar-refractivity contribution in [1.29, 1.82) is 0 Å². The minimum Gasteiger partial charge on any atom is -0.339 e. The Morgan fingerprint density at radius 3 is 2.86 bits per heavy atom. The predicted octanol–water partition coefficient (Wildman–Crippen LogP) is 2.86. The minimum absolute atomic E-state index is 0.0380. The zero-order valence-corrected chi connectivity index (χ0v) is 9.42. The van der Waals surface area contributed by atoms with Gasteiger partial charge in [-0.15, -0.1) is 11.8 Å². The van der Waals surface area contributed by atoms with Crippen LogP contribution in [0.4, 0.5) is 0 Å². The summed E-state index contributed by atoms with van der Waals surface area (Å²) >= 11 is 13.4. The first-order valence-corrected chi connectivity index (χ1v) is 5.84. The van der Waals surface area contributed by atoms with Crippen molar-refractivity contribution in [2.75, 3.05) is 5.75 Å². The second-order valence-corrected chi connectivity index (χ2v) is 4.78. The lowest BCUT2D eigenvalue weighted by molar-refractivity contribution is -0.118. The third-order valence-corrected chi connectivity index (χ3v) is 3.90. The van der Waals surface area contributed by atoms with Crippen LogP contribution in [0.2, 0.25) is 10.0 Å². The molecule has 1 heterocycles. The molecule has 0 radical (unpaired) electrons. The van der Waals surface area contributed by atoms with Crippen LogP contribution in [-0.4, -0.2) is 11.7 Å². The molecule has 5 heteroatoms. The van der Waals surface area contributed by atoms with Crippen LogP contribution < -0.4 is 5.32 Å². The van der Waals surface area contributed by atoms with Crippen molar-refractivity contribution < 1.29 is 4.79 Å². The van der Waals surface area contributed by atoms with Gasteiger partial charge in [0.25, 0.3) is 0 Å². The maximum atomic E-state index is 11.0. The first-order valence-electron chi connectivity index (χ1n) is 4.03. The number of amides is 1. The van der Waals surface area contributed by atoms with Gasteiger partial charge < -0.3 is 5.32 Å². The second kappa shape index (κ2) is 4.01. The summed E-state index contributed by atoms with van der Waals surface area (Å²) in [5.74, 6) is 0.518. The van der Waals surface area contributed by atoms with Crippen LogP contribution in [0.5, 0.6) is 0 Å². The summed E-state index contributed by atoms with van der Waals surface area (Å²) < 4.78 is 0. The zero-order chi connectivity index (χ0) is 10.1. The van der Waals surface area contributed by atoms with E-state index in [2.05, 4.69) is 5.32 Å². The third-order valence-electron chi connectivity index (χ3n) is 1.94. The predicted molar refractivity (Wildman–Crippen MR) is 59.8 cm³/mol. The number of rotatable bonds is 1. The molecule has 1 saturated heterocycles. The van der Waals surface area contributed by atoms with Gasteiger partial charge in [-0.05, 0) is 6.07 Å². The number of thioether (sulfide) groups is 1. The maximum Gasteiger partial charge on any atom is 0.231 e. The first kappa shape index (κ1) is 10.1. The molecule has 1 unspecified atom stereocenters. The van der Waals surface area contributed by atoms with E-state index in [9.17, 15) is 4.79 Å². The SMILES string of the molecule is O=C1CSC(c2cccc(Cl)c2Cl)N1. The second-order valence-electron chi connectivity index (χ2n) is 2.90. The Labute approximate surface area is 96.0 Å². The topological polar surface area (TPSA) is 29.1 Å². The van der Waals surface area contributed by atoms with Gasteiger partial charge in [0.2, 0.25) is 5.91 Å². The summed E-state index contributed by atoms with van der Waals surface area (Å²) in [7, 11) is 0. The molecule has 14 heavy (non-hydrogen) atoms. The molecule has 2 nitrogen and oxygen atoms in total. The number of carbonyl (C=O) groups is 1. The molecule has 2 rings (SSSR count). The van der Waals surface area contributed by atoms with Crippen molar-refractivity contribution >= 4 is 40.9 Å². The molecule has 0 spiro atoms. The number of nitrogens with one attached hydrogen (secondary N) is 1. The lowest BCUT2D eigenvalue weighted by Crippen LogP contribution is -2.19. The Morgan fingerprint density at radius 1 is 1.43 bits per heavy atom. The Hall–Kier alpha value is -0.380. The van der Waals surface area contributed by atoms with E-state index in [1.54, 1.807) is 6.07 Å². The monoisotopic (exact) mass is 247 g/mol. The summed E-state index contributed by atoms with van der Waals surface area (Å²) in [4.78, 5) is 11.0. The highest BCUT2D eigenvalue weighted by atomic mass is 35.5. The molecule has 0 bridgehead atoms. The van der Waals surface area contributed by atoms with E-state index in [4.69, 9.17) is 23.2 Å². The van der Waals surface area contributed by atoms with Crippen molar-refractivity contribution in [2.45, 2.75) is 5.37 Å². The van der Waals surface area contributed by atoms with Gasteiger partial charge in [0, 0.05) is 5.56 Å². The molecule has 1 atom stereocenters. The van der Waals surface area contributed by atoms with E-state index in [1.807, 2.05) is 12.1 Å². The smallest absolute Gasteiger partial charge is 0.231 e. The number of carbonyl (C=O) groups excluding carboxylic acids is 1. The van der Waals surface area contributed by atoms with Crippen LogP contribution in [-0.2, 0) is 4.79 Å². The quantitative estimate of drug-likeness (QED) is 0.827. The lowest BCUT2D eigenvalue weighted by Gasteiger charge is -2.11. The number of hydrogen-bond donors (Lipinski definition) is 1. The molecule has 1 aliphatic rings. The molecule has 1 aromatic carbocycles. The summed E-state index contributed by atoms with van der Waals surface area (Å²) in [6, 6.07) is 5.43. The fraction of sp³-hybridized carbons (Fsp3) is 0.222. The van der Waals surface area contributed by atoms with E-state index in [-0.39, 0.29) is 11.3 Å². The van der Waals surface area contributed by atoms with Crippen molar-refractivity contribution in [1.82, 2.24) is 5.32 Å². The van der Waals surface area contributed by atoms with Gasteiger partial charge in [-0.25, -0.2) is 0 Å². The zero-order valence-electron chi connectivity index (χ0n) is 7.09. The highest BCUT2D eigenvalue weighted by Gasteiger charge is 2.25. The summed E-state index contributed by atoms with van der Waals surface area (Å²) in [6.07, 6.45) is 0. The highest BCUT2D eigenvalue weighted by molar-refractivity contribution is 8.00. The minimum atomic E-state index is -0.0614. The summed E-state index contributed by atoms with van der Waals surface area (Å²) in [5.41, 5.74) is 0.870.